The van der Waals surface area contributed by atoms with E-state index in [1.165, 1.54) is 0 Å². The molecule has 2 amide bonds. The topological polar surface area (TPSA) is 87.7 Å². The lowest BCUT2D eigenvalue weighted by molar-refractivity contribution is -0.128. The van der Waals surface area contributed by atoms with Crippen molar-refractivity contribution in [1.29, 1.82) is 0 Å². The van der Waals surface area contributed by atoms with E-state index in [1.807, 2.05) is 54.1 Å². The van der Waals surface area contributed by atoms with Crippen LogP contribution in [0.4, 0.5) is 5.82 Å². The summed E-state index contributed by atoms with van der Waals surface area (Å²) in [5, 5.41) is 3.10. The quantitative estimate of drug-likeness (QED) is 0.696. The van der Waals surface area contributed by atoms with Crippen molar-refractivity contribution in [3.8, 4) is 5.75 Å². The first kappa shape index (κ1) is 23.0. The van der Waals surface area contributed by atoms with Crippen molar-refractivity contribution in [2.24, 2.45) is 0 Å². The maximum Gasteiger partial charge on any atom is 0.257 e. The van der Waals surface area contributed by atoms with Gasteiger partial charge in [-0.2, -0.15) is 0 Å². The average molecular weight is 452 g/mol. The molecule has 2 saturated heterocycles. The first-order chi connectivity index (χ1) is 15.9. The molecule has 176 valence electrons. The molecule has 0 spiro atoms. The van der Waals surface area contributed by atoms with Crippen molar-refractivity contribution in [1.82, 2.24) is 19.8 Å². The van der Waals surface area contributed by atoms with Gasteiger partial charge < -0.3 is 19.9 Å². The summed E-state index contributed by atoms with van der Waals surface area (Å²) in [6.07, 6.45) is 3.38. The second-order valence-corrected chi connectivity index (χ2v) is 9.16. The van der Waals surface area contributed by atoms with Crippen LogP contribution in [0.3, 0.4) is 0 Å². The van der Waals surface area contributed by atoms with E-state index in [-0.39, 0.29) is 17.2 Å². The number of nitrogens with zero attached hydrogens (tertiary/aromatic N) is 4. The highest BCUT2D eigenvalue weighted by molar-refractivity contribution is 5.97. The molecule has 0 saturated carbocycles. The molecule has 4 rings (SSSR count). The molecule has 0 aliphatic carbocycles. The van der Waals surface area contributed by atoms with Crippen LogP contribution in [0.2, 0.25) is 0 Å². The summed E-state index contributed by atoms with van der Waals surface area (Å²) in [4.78, 5) is 38.2. The van der Waals surface area contributed by atoms with E-state index in [1.54, 1.807) is 0 Å². The number of hydrogen-bond acceptors (Lipinski definition) is 6. The van der Waals surface area contributed by atoms with Crippen molar-refractivity contribution in [3.05, 3.63) is 47.4 Å². The van der Waals surface area contributed by atoms with Gasteiger partial charge in [0.15, 0.2) is 0 Å². The molecule has 1 aromatic carbocycles. The second-order valence-electron chi connectivity index (χ2n) is 9.16. The Hall–Kier alpha value is -3.16. The molecule has 0 unspecified atom stereocenters. The Labute approximate surface area is 195 Å². The zero-order valence-corrected chi connectivity index (χ0v) is 19.8. The van der Waals surface area contributed by atoms with Gasteiger partial charge in [0, 0.05) is 44.6 Å². The van der Waals surface area contributed by atoms with Crippen molar-refractivity contribution < 1.29 is 14.3 Å². The van der Waals surface area contributed by atoms with Crippen molar-refractivity contribution >= 4 is 17.6 Å². The Morgan fingerprint density at radius 2 is 2.03 bits per heavy atom. The standard InChI is InChI=1S/C25H33N5O3/c1-18-27-21(16-22(26-3)28-18)25(2)11-7-13-30(17-25)24(32)19-8-4-5-9-20(19)33-15-14-29-12-6-10-23(29)31/h4-5,8-9,16H,6-7,10-15,17H2,1-3H3,(H,26,27,28)/t25-/m1/s1. The SMILES string of the molecule is CNc1cc([C@]2(C)CCCN(C(=O)c3ccccc3OCCN3CCCC3=O)C2)nc(C)n1. The van der Waals surface area contributed by atoms with Gasteiger partial charge in [0.2, 0.25) is 5.91 Å². The number of piperidine rings is 1. The van der Waals surface area contributed by atoms with Crippen molar-refractivity contribution in [3.63, 3.8) is 0 Å². The molecule has 1 N–H and O–H groups in total. The lowest BCUT2D eigenvalue weighted by Crippen LogP contribution is -2.47. The third kappa shape index (κ3) is 5.10. The highest BCUT2D eigenvalue weighted by Crippen LogP contribution is 2.34. The Kier molecular flexibility index (Phi) is 6.81. The summed E-state index contributed by atoms with van der Waals surface area (Å²) < 4.78 is 5.97. The van der Waals surface area contributed by atoms with Crippen LogP contribution in [0.25, 0.3) is 0 Å². The first-order valence-corrected chi connectivity index (χ1v) is 11.7. The number of nitrogens with one attached hydrogen (secondary N) is 1. The van der Waals surface area contributed by atoms with Crippen molar-refractivity contribution in [2.45, 2.75) is 44.9 Å². The molecular weight excluding hydrogens is 418 g/mol. The summed E-state index contributed by atoms with van der Waals surface area (Å²) >= 11 is 0. The lowest BCUT2D eigenvalue weighted by atomic mass is 9.78. The zero-order chi connectivity index (χ0) is 23.4. The fraction of sp³-hybridized carbons (Fsp3) is 0.520. The minimum absolute atomic E-state index is 0.0339. The van der Waals surface area contributed by atoms with E-state index in [9.17, 15) is 9.59 Å². The van der Waals surface area contributed by atoms with Gasteiger partial charge in [0.25, 0.3) is 5.91 Å². The molecule has 2 aliphatic heterocycles. The van der Waals surface area contributed by atoms with Crippen LogP contribution < -0.4 is 10.1 Å². The van der Waals surface area contributed by atoms with Gasteiger partial charge in [0.05, 0.1) is 17.8 Å². The van der Waals surface area contributed by atoms with Gasteiger partial charge in [0.1, 0.15) is 24.0 Å². The Bertz CT molecular complexity index is 1030. The molecule has 3 heterocycles. The molecule has 33 heavy (non-hydrogen) atoms. The van der Waals surface area contributed by atoms with E-state index in [2.05, 4.69) is 17.2 Å². The number of likely N-dealkylation sites (tertiary alicyclic amines) is 2. The van der Waals surface area contributed by atoms with E-state index < -0.39 is 0 Å². The number of para-hydroxylation sites is 1. The molecule has 2 aliphatic rings. The Morgan fingerprint density at radius 1 is 1.21 bits per heavy atom. The van der Waals surface area contributed by atoms with E-state index in [4.69, 9.17) is 9.72 Å². The number of hydrogen-bond donors (Lipinski definition) is 1. The molecule has 0 bridgehead atoms. The van der Waals surface area contributed by atoms with Gasteiger partial charge in [-0.25, -0.2) is 9.97 Å². The Balaban J connectivity index is 1.48. The van der Waals surface area contributed by atoms with Crippen LogP contribution in [0, 0.1) is 6.92 Å². The van der Waals surface area contributed by atoms with E-state index in [0.717, 1.165) is 43.1 Å². The number of amides is 2. The van der Waals surface area contributed by atoms with Gasteiger partial charge in [-0.05, 0) is 38.3 Å². The second kappa shape index (κ2) is 9.77. The lowest BCUT2D eigenvalue weighted by Gasteiger charge is -2.40. The Morgan fingerprint density at radius 3 is 2.79 bits per heavy atom. The molecule has 8 nitrogen and oxygen atoms in total. The molecule has 8 heteroatoms. The van der Waals surface area contributed by atoms with Crippen LogP contribution in [0.5, 0.6) is 5.75 Å². The van der Waals surface area contributed by atoms with Crippen LogP contribution in [-0.2, 0) is 10.2 Å². The number of carbonyl (C=O) groups is 2. The van der Waals surface area contributed by atoms with Crippen LogP contribution >= 0.6 is 0 Å². The van der Waals surface area contributed by atoms with Crippen LogP contribution in [0.15, 0.2) is 30.3 Å². The number of ether oxygens (including phenoxy) is 1. The molecule has 2 aromatic rings. The fourth-order valence-corrected chi connectivity index (χ4v) is 4.77. The average Bonchev–Trinajstić information content (AvgIpc) is 3.23. The maximum absolute atomic E-state index is 13.5. The molecule has 1 atom stereocenters. The third-order valence-electron chi connectivity index (χ3n) is 6.60. The van der Waals surface area contributed by atoms with Crippen molar-refractivity contribution in [2.75, 3.05) is 45.2 Å². The summed E-state index contributed by atoms with van der Waals surface area (Å²) in [5.41, 5.74) is 1.26. The number of aryl methyl sites for hydroxylation is 1. The normalized spacial score (nSPS) is 20.8. The minimum Gasteiger partial charge on any atom is -0.491 e. The predicted molar refractivity (Wildman–Crippen MR) is 127 cm³/mol. The number of rotatable bonds is 7. The minimum atomic E-state index is -0.251. The van der Waals surface area contributed by atoms with Gasteiger partial charge in [-0.3, -0.25) is 9.59 Å². The van der Waals surface area contributed by atoms with Gasteiger partial charge in [-0.1, -0.05) is 19.1 Å². The molecule has 0 radical (unpaired) electrons. The number of benzene rings is 1. The zero-order valence-electron chi connectivity index (χ0n) is 19.8. The number of aromatic nitrogens is 2. The number of anilines is 1. The largest absolute Gasteiger partial charge is 0.491 e. The van der Waals surface area contributed by atoms with Gasteiger partial charge in [-0.15, -0.1) is 0 Å². The predicted octanol–water partition coefficient (Wildman–Crippen LogP) is 3.02. The number of carbonyl (C=O) groups excluding carboxylic acids is 2. The summed E-state index contributed by atoms with van der Waals surface area (Å²) in [6.45, 7) is 7.06. The smallest absolute Gasteiger partial charge is 0.257 e. The first-order valence-electron chi connectivity index (χ1n) is 11.7. The van der Waals surface area contributed by atoms with Crippen LogP contribution in [0.1, 0.15) is 54.5 Å². The highest BCUT2D eigenvalue weighted by Gasteiger charge is 2.37. The third-order valence-corrected chi connectivity index (χ3v) is 6.60. The highest BCUT2D eigenvalue weighted by atomic mass is 16.5. The molecular formula is C25H33N5O3. The maximum atomic E-state index is 13.5. The molecule has 2 fully saturated rings. The van der Waals surface area contributed by atoms with Crippen LogP contribution in [-0.4, -0.2) is 71.4 Å². The monoisotopic (exact) mass is 451 g/mol. The molecule has 1 aromatic heterocycles. The fourth-order valence-electron chi connectivity index (χ4n) is 4.77. The summed E-state index contributed by atoms with van der Waals surface area (Å²) in [7, 11) is 1.85. The summed E-state index contributed by atoms with van der Waals surface area (Å²) in [5.74, 6) is 2.22. The van der Waals surface area contributed by atoms with Gasteiger partial charge >= 0.3 is 0 Å². The van der Waals surface area contributed by atoms with E-state index >= 15 is 0 Å². The van der Waals surface area contributed by atoms with E-state index in [0.29, 0.717) is 44.0 Å². The summed E-state index contributed by atoms with van der Waals surface area (Å²) in [6, 6.07) is 9.36.